The zero-order valence-electron chi connectivity index (χ0n) is 14.4. The van der Waals surface area contributed by atoms with E-state index < -0.39 is 0 Å². The second-order valence-corrected chi connectivity index (χ2v) is 6.94. The van der Waals surface area contributed by atoms with E-state index in [-0.39, 0.29) is 11.8 Å². The topological polar surface area (TPSA) is 66.4 Å². The summed E-state index contributed by atoms with van der Waals surface area (Å²) >= 11 is 0. The number of carbonyl (C=O) groups excluding carboxylic acids is 2. The van der Waals surface area contributed by atoms with Gasteiger partial charge in [-0.3, -0.25) is 9.59 Å². The van der Waals surface area contributed by atoms with Crippen molar-refractivity contribution in [2.75, 3.05) is 26.2 Å². The molecule has 0 spiro atoms. The van der Waals surface area contributed by atoms with Crippen LogP contribution in [0.3, 0.4) is 0 Å². The van der Waals surface area contributed by atoms with Crippen LogP contribution < -0.4 is 0 Å². The van der Waals surface area contributed by atoms with E-state index in [4.69, 9.17) is 0 Å². The first-order valence-electron chi connectivity index (χ1n) is 9.01. The predicted molar refractivity (Wildman–Crippen MR) is 90.4 cm³/mol. The Balaban J connectivity index is 1.48. The molecule has 6 heteroatoms. The Morgan fingerprint density at radius 3 is 2.29 bits per heavy atom. The van der Waals surface area contributed by atoms with Gasteiger partial charge in [0.2, 0.25) is 5.91 Å². The number of aryl methyl sites for hydroxylation is 1. The zero-order chi connectivity index (χ0) is 16.9. The van der Waals surface area contributed by atoms with Gasteiger partial charge in [0, 0.05) is 32.6 Å². The highest BCUT2D eigenvalue weighted by Gasteiger charge is 2.27. The zero-order valence-corrected chi connectivity index (χ0v) is 14.4. The minimum atomic E-state index is -0.0955. The Hall–Kier alpha value is -1.98. The van der Waals surface area contributed by atoms with Crippen LogP contribution in [-0.2, 0) is 4.79 Å². The Bertz CT molecular complexity index is 573. The Labute approximate surface area is 143 Å². The number of nitrogens with zero attached hydrogens (tertiary/aromatic N) is 4. The largest absolute Gasteiger partial charge is 0.339 e. The van der Waals surface area contributed by atoms with Crippen LogP contribution in [0.1, 0.15) is 54.7 Å². The fraction of sp³-hybridized carbons (Fsp3) is 0.667. The van der Waals surface area contributed by atoms with Crippen LogP contribution in [0.5, 0.6) is 0 Å². The number of hydrogen-bond donors (Lipinski definition) is 0. The second kappa shape index (κ2) is 7.73. The van der Waals surface area contributed by atoms with Gasteiger partial charge in [-0.15, -0.1) is 5.10 Å². The van der Waals surface area contributed by atoms with Crippen molar-refractivity contribution in [2.24, 2.45) is 5.92 Å². The van der Waals surface area contributed by atoms with Crippen molar-refractivity contribution in [1.29, 1.82) is 0 Å². The van der Waals surface area contributed by atoms with Gasteiger partial charge in [0.05, 0.1) is 5.69 Å². The number of rotatable bonds is 3. The SMILES string of the molecule is Cc1ccc(C(=O)N2CCN(C(=O)CC3CCCCC3)CC2)nn1. The van der Waals surface area contributed by atoms with Gasteiger partial charge >= 0.3 is 0 Å². The molecule has 0 radical (unpaired) electrons. The van der Waals surface area contributed by atoms with E-state index in [9.17, 15) is 9.59 Å². The average Bonchev–Trinajstić information content (AvgIpc) is 2.63. The summed E-state index contributed by atoms with van der Waals surface area (Å²) in [5, 5.41) is 7.90. The van der Waals surface area contributed by atoms with Crippen LogP contribution in [0.4, 0.5) is 0 Å². The molecule has 1 aromatic rings. The van der Waals surface area contributed by atoms with Gasteiger partial charge in [0.25, 0.3) is 5.91 Å². The minimum Gasteiger partial charge on any atom is -0.339 e. The second-order valence-electron chi connectivity index (χ2n) is 6.94. The van der Waals surface area contributed by atoms with Crippen molar-refractivity contribution >= 4 is 11.8 Å². The Morgan fingerprint density at radius 2 is 1.67 bits per heavy atom. The number of amides is 2. The molecule has 2 heterocycles. The molecule has 1 aromatic heterocycles. The predicted octanol–water partition coefficient (Wildman–Crippen LogP) is 2.04. The molecule has 2 fully saturated rings. The molecule has 0 N–H and O–H groups in total. The number of hydrogen-bond acceptors (Lipinski definition) is 4. The molecule has 0 unspecified atom stereocenters. The van der Waals surface area contributed by atoms with Crippen molar-refractivity contribution < 1.29 is 9.59 Å². The fourth-order valence-corrected chi connectivity index (χ4v) is 3.60. The maximum Gasteiger partial charge on any atom is 0.274 e. The molecule has 1 saturated heterocycles. The first-order chi connectivity index (χ1) is 11.6. The normalized spacial score (nSPS) is 19.4. The quantitative estimate of drug-likeness (QED) is 0.850. The molecule has 0 atom stereocenters. The van der Waals surface area contributed by atoms with E-state index in [2.05, 4.69) is 10.2 Å². The summed E-state index contributed by atoms with van der Waals surface area (Å²) in [6.45, 7) is 4.24. The molecular formula is C18H26N4O2. The third-order valence-corrected chi connectivity index (χ3v) is 5.12. The van der Waals surface area contributed by atoms with Crippen molar-refractivity contribution in [1.82, 2.24) is 20.0 Å². The summed E-state index contributed by atoms with van der Waals surface area (Å²) in [4.78, 5) is 28.6. The molecule has 24 heavy (non-hydrogen) atoms. The Kier molecular flexibility index (Phi) is 5.43. The summed E-state index contributed by atoms with van der Waals surface area (Å²) in [7, 11) is 0. The fourth-order valence-electron chi connectivity index (χ4n) is 3.60. The van der Waals surface area contributed by atoms with Gasteiger partial charge in [-0.05, 0) is 37.8 Å². The summed E-state index contributed by atoms with van der Waals surface area (Å²) in [5.41, 5.74) is 1.17. The van der Waals surface area contributed by atoms with Gasteiger partial charge in [0.15, 0.2) is 5.69 Å². The van der Waals surface area contributed by atoms with E-state index in [0.29, 0.717) is 44.2 Å². The molecule has 2 amide bonds. The van der Waals surface area contributed by atoms with Crippen LogP contribution in [0.2, 0.25) is 0 Å². The summed E-state index contributed by atoms with van der Waals surface area (Å²) < 4.78 is 0. The molecule has 6 nitrogen and oxygen atoms in total. The highest BCUT2D eigenvalue weighted by Crippen LogP contribution is 2.27. The molecule has 3 rings (SSSR count). The van der Waals surface area contributed by atoms with Crippen molar-refractivity contribution in [3.05, 3.63) is 23.5 Å². The van der Waals surface area contributed by atoms with Gasteiger partial charge in [-0.1, -0.05) is 19.3 Å². The molecule has 0 bridgehead atoms. The smallest absolute Gasteiger partial charge is 0.274 e. The molecular weight excluding hydrogens is 304 g/mol. The van der Waals surface area contributed by atoms with Gasteiger partial charge in [0.1, 0.15) is 0 Å². The van der Waals surface area contributed by atoms with E-state index in [1.807, 2.05) is 11.8 Å². The van der Waals surface area contributed by atoms with Crippen LogP contribution in [0.15, 0.2) is 12.1 Å². The molecule has 1 saturated carbocycles. The number of carbonyl (C=O) groups is 2. The van der Waals surface area contributed by atoms with Crippen molar-refractivity contribution in [3.8, 4) is 0 Å². The van der Waals surface area contributed by atoms with E-state index >= 15 is 0 Å². The van der Waals surface area contributed by atoms with Crippen LogP contribution >= 0.6 is 0 Å². The number of piperazine rings is 1. The lowest BCUT2D eigenvalue weighted by atomic mass is 9.86. The van der Waals surface area contributed by atoms with E-state index in [1.54, 1.807) is 17.0 Å². The summed E-state index contributed by atoms with van der Waals surface area (Å²) in [5.74, 6) is 0.722. The van der Waals surface area contributed by atoms with Gasteiger partial charge in [-0.2, -0.15) is 5.10 Å². The number of aromatic nitrogens is 2. The van der Waals surface area contributed by atoms with Crippen molar-refractivity contribution in [3.63, 3.8) is 0 Å². The van der Waals surface area contributed by atoms with Gasteiger partial charge in [-0.25, -0.2) is 0 Å². The third-order valence-electron chi connectivity index (χ3n) is 5.12. The lowest BCUT2D eigenvalue weighted by molar-refractivity contribution is -0.133. The first-order valence-corrected chi connectivity index (χ1v) is 9.01. The van der Waals surface area contributed by atoms with E-state index in [1.165, 1.54) is 32.1 Å². The van der Waals surface area contributed by atoms with E-state index in [0.717, 1.165) is 5.69 Å². The maximum absolute atomic E-state index is 12.5. The summed E-state index contributed by atoms with van der Waals surface area (Å²) in [6, 6.07) is 3.51. The van der Waals surface area contributed by atoms with Crippen LogP contribution in [0.25, 0.3) is 0 Å². The molecule has 2 aliphatic rings. The highest BCUT2D eigenvalue weighted by molar-refractivity contribution is 5.92. The maximum atomic E-state index is 12.5. The van der Waals surface area contributed by atoms with Crippen LogP contribution in [0, 0.1) is 12.8 Å². The molecule has 130 valence electrons. The summed E-state index contributed by atoms with van der Waals surface area (Å²) in [6.07, 6.45) is 6.90. The average molecular weight is 330 g/mol. The lowest BCUT2D eigenvalue weighted by Gasteiger charge is -2.35. The molecule has 1 aliphatic carbocycles. The lowest BCUT2D eigenvalue weighted by Crippen LogP contribution is -2.51. The van der Waals surface area contributed by atoms with Crippen molar-refractivity contribution in [2.45, 2.75) is 45.4 Å². The standard InChI is InChI=1S/C18H26N4O2/c1-14-7-8-16(20-19-14)18(24)22-11-9-21(10-12-22)17(23)13-15-5-3-2-4-6-15/h7-8,15H,2-6,9-13H2,1H3. The monoisotopic (exact) mass is 330 g/mol. The molecule has 0 aromatic carbocycles. The first kappa shape index (κ1) is 16.9. The highest BCUT2D eigenvalue weighted by atomic mass is 16.2. The molecule has 1 aliphatic heterocycles. The van der Waals surface area contributed by atoms with Crippen LogP contribution in [-0.4, -0.2) is 58.0 Å². The van der Waals surface area contributed by atoms with Gasteiger partial charge < -0.3 is 9.80 Å². The Morgan fingerprint density at radius 1 is 1.00 bits per heavy atom. The third kappa shape index (κ3) is 4.10. The minimum absolute atomic E-state index is 0.0955.